The van der Waals surface area contributed by atoms with Gasteiger partial charge in [0.05, 0.1) is 12.8 Å². The molecule has 0 aliphatic carbocycles. The van der Waals surface area contributed by atoms with Crippen LogP contribution in [0.25, 0.3) is 11.3 Å². The summed E-state index contributed by atoms with van der Waals surface area (Å²) in [7, 11) is 1.26. The number of thiazole rings is 1. The maximum absolute atomic E-state index is 12.5. The van der Waals surface area contributed by atoms with E-state index in [4.69, 9.17) is 11.6 Å². The van der Waals surface area contributed by atoms with E-state index in [1.54, 1.807) is 12.1 Å². The maximum atomic E-state index is 12.5. The van der Waals surface area contributed by atoms with Gasteiger partial charge in [0.25, 0.3) is 0 Å². The van der Waals surface area contributed by atoms with Crippen LogP contribution in [0.2, 0.25) is 5.02 Å². The van der Waals surface area contributed by atoms with Gasteiger partial charge in [0.2, 0.25) is 5.91 Å². The molecule has 1 atom stereocenters. The molecule has 1 aromatic heterocycles. The Morgan fingerprint density at radius 1 is 1.28 bits per heavy atom. The smallest absolute Gasteiger partial charge is 0.407 e. The highest BCUT2D eigenvalue weighted by Crippen LogP contribution is 2.26. The summed E-state index contributed by atoms with van der Waals surface area (Å²) in [4.78, 5) is 28.3. The fourth-order valence-electron chi connectivity index (χ4n) is 2.18. The minimum absolute atomic E-state index is 0.230. The Bertz CT molecular complexity index is 731. The third kappa shape index (κ3) is 5.72. The average molecular weight is 382 g/mol. The summed E-state index contributed by atoms with van der Waals surface area (Å²) in [6.45, 7) is 3.95. The zero-order chi connectivity index (χ0) is 18.4. The van der Waals surface area contributed by atoms with Crippen LogP contribution in [-0.4, -0.2) is 30.1 Å². The number of carbonyl (C=O) groups excluding carboxylic acids is 2. The zero-order valence-corrected chi connectivity index (χ0v) is 15.8. The van der Waals surface area contributed by atoms with Crippen LogP contribution in [-0.2, 0) is 9.53 Å². The number of hydrogen-bond acceptors (Lipinski definition) is 5. The number of anilines is 1. The van der Waals surface area contributed by atoms with Gasteiger partial charge in [0.1, 0.15) is 6.04 Å². The average Bonchev–Trinajstić information content (AvgIpc) is 3.02. The minimum Gasteiger partial charge on any atom is -0.453 e. The van der Waals surface area contributed by atoms with E-state index >= 15 is 0 Å². The lowest BCUT2D eigenvalue weighted by Crippen LogP contribution is -2.44. The van der Waals surface area contributed by atoms with Crippen LogP contribution in [0.15, 0.2) is 29.6 Å². The Balaban J connectivity index is 2.07. The number of carbonyl (C=O) groups is 2. The molecule has 0 bridgehead atoms. The molecule has 1 aromatic carbocycles. The number of alkyl carbamates (subject to hydrolysis) is 1. The second kappa shape index (κ2) is 8.82. The van der Waals surface area contributed by atoms with E-state index < -0.39 is 12.1 Å². The molecular formula is C17H20ClN3O3S. The lowest BCUT2D eigenvalue weighted by molar-refractivity contribution is -0.118. The quantitative estimate of drug-likeness (QED) is 0.786. The Morgan fingerprint density at radius 2 is 1.96 bits per heavy atom. The number of ether oxygens (including phenoxy) is 1. The SMILES string of the molecule is COC(=O)NC(CC(C)C)C(=O)Nc1nc(-c2ccc(Cl)cc2)cs1. The zero-order valence-electron chi connectivity index (χ0n) is 14.2. The predicted molar refractivity (Wildman–Crippen MR) is 100.0 cm³/mol. The molecule has 2 aromatic rings. The van der Waals surface area contributed by atoms with Crippen molar-refractivity contribution in [2.24, 2.45) is 5.92 Å². The third-order valence-corrected chi connectivity index (χ3v) is 4.39. The lowest BCUT2D eigenvalue weighted by atomic mass is 10.0. The van der Waals surface area contributed by atoms with Crippen molar-refractivity contribution < 1.29 is 14.3 Å². The molecule has 6 nitrogen and oxygen atoms in total. The van der Waals surface area contributed by atoms with Gasteiger partial charge in [0.15, 0.2) is 5.13 Å². The molecule has 2 rings (SSSR count). The van der Waals surface area contributed by atoms with E-state index in [0.29, 0.717) is 16.6 Å². The summed E-state index contributed by atoms with van der Waals surface area (Å²) in [5.74, 6) is -0.0927. The molecule has 25 heavy (non-hydrogen) atoms. The van der Waals surface area contributed by atoms with Crippen molar-refractivity contribution >= 4 is 40.1 Å². The van der Waals surface area contributed by atoms with Gasteiger partial charge in [-0.2, -0.15) is 0 Å². The summed E-state index contributed by atoms with van der Waals surface area (Å²) in [6.07, 6.45) is -0.141. The van der Waals surface area contributed by atoms with Crippen LogP contribution in [0.4, 0.5) is 9.93 Å². The van der Waals surface area contributed by atoms with E-state index in [9.17, 15) is 9.59 Å². The van der Waals surface area contributed by atoms with Gasteiger partial charge in [-0.25, -0.2) is 9.78 Å². The largest absolute Gasteiger partial charge is 0.453 e. The first kappa shape index (κ1) is 19.2. The molecule has 0 spiro atoms. The second-order valence-corrected chi connectivity index (χ2v) is 7.15. The van der Waals surface area contributed by atoms with Crippen molar-refractivity contribution in [3.8, 4) is 11.3 Å². The number of methoxy groups -OCH3 is 1. The van der Waals surface area contributed by atoms with Crippen molar-refractivity contribution in [1.29, 1.82) is 0 Å². The number of nitrogens with zero attached hydrogens (tertiary/aromatic N) is 1. The fraction of sp³-hybridized carbons (Fsp3) is 0.353. The van der Waals surface area contributed by atoms with Gasteiger partial charge in [-0.1, -0.05) is 37.6 Å². The van der Waals surface area contributed by atoms with Crippen LogP contribution in [0.1, 0.15) is 20.3 Å². The van der Waals surface area contributed by atoms with Gasteiger partial charge in [-0.3, -0.25) is 4.79 Å². The van der Waals surface area contributed by atoms with Crippen molar-refractivity contribution in [2.45, 2.75) is 26.3 Å². The number of aromatic nitrogens is 1. The fourth-order valence-corrected chi connectivity index (χ4v) is 3.03. The van der Waals surface area contributed by atoms with E-state index in [0.717, 1.165) is 11.3 Å². The Morgan fingerprint density at radius 3 is 2.56 bits per heavy atom. The van der Waals surface area contributed by atoms with Crippen molar-refractivity contribution in [3.05, 3.63) is 34.7 Å². The number of amides is 2. The molecule has 134 valence electrons. The molecular weight excluding hydrogens is 362 g/mol. The highest BCUT2D eigenvalue weighted by atomic mass is 35.5. The monoisotopic (exact) mass is 381 g/mol. The third-order valence-electron chi connectivity index (χ3n) is 3.38. The normalized spacial score (nSPS) is 11.9. The van der Waals surface area contributed by atoms with Crippen LogP contribution in [0.3, 0.4) is 0 Å². The Kier molecular flexibility index (Phi) is 6.78. The first-order valence-corrected chi connectivity index (χ1v) is 9.01. The van der Waals surface area contributed by atoms with Gasteiger partial charge in [0, 0.05) is 16.0 Å². The number of benzene rings is 1. The predicted octanol–water partition coefficient (Wildman–Crippen LogP) is 4.17. The first-order valence-electron chi connectivity index (χ1n) is 7.76. The Hall–Kier alpha value is -2.12. The molecule has 1 unspecified atom stereocenters. The van der Waals surface area contributed by atoms with Crippen molar-refractivity contribution in [3.63, 3.8) is 0 Å². The number of rotatable bonds is 6. The maximum Gasteiger partial charge on any atom is 0.407 e. The second-order valence-electron chi connectivity index (χ2n) is 5.85. The molecule has 0 aliphatic rings. The van der Waals surface area contributed by atoms with Gasteiger partial charge >= 0.3 is 6.09 Å². The van der Waals surface area contributed by atoms with Gasteiger partial charge in [-0.15, -0.1) is 11.3 Å². The topological polar surface area (TPSA) is 80.3 Å². The molecule has 0 saturated heterocycles. The molecule has 2 N–H and O–H groups in total. The first-order chi connectivity index (χ1) is 11.9. The lowest BCUT2D eigenvalue weighted by Gasteiger charge is -2.18. The summed E-state index contributed by atoms with van der Waals surface area (Å²) in [5.41, 5.74) is 1.66. The van der Waals surface area contributed by atoms with Crippen LogP contribution >= 0.6 is 22.9 Å². The van der Waals surface area contributed by atoms with Crippen molar-refractivity contribution in [1.82, 2.24) is 10.3 Å². The molecule has 8 heteroatoms. The Labute approximate surface area is 155 Å². The van der Waals surface area contributed by atoms with E-state index in [1.807, 2.05) is 31.4 Å². The van der Waals surface area contributed by atoms with Crippen LogP contribution in [0.5, 0.6) is 0 Å². The molecule has 1 heterocycles. The van der Waals surface area contributed by atoms with E-state index in [1.165, 1.54) is 18.4 Å². The summed E-state index contributed by atoms with van der Waals surface area (Å²) in [5, 5.41) is 8.27. The molecule has 0 saturated carbocycles. The van der Waals surface area contributed by atoms with Gasteiger partial charge in [-0.05, 0) is 24.5 Å². The number of hydrogen-bond donors (Lipinski definition) is 2. The standard InChI is InChI=1S/C17H20ClN3O3S/c1-10(2)8-13(20-17(23)24-3)15(22)21-16-19-14(9-25-16)11-4-6-12(18)7-5-11/h4-7,9-10,13H,8H2,1-3H3,(H,20,23)(H,19,21,22). The highest BCUT2D eigenvalue weighted by molar-refractivity contribution is 7.14. The summed E-state index contributed by atoms with van der Waals surface area (Å²) >= 11 is 7.20. The minimum atomic E-state index is -0.685. The highest BCUT2D eigenvalue weighted by Gasteiger charge is 2.23. The van der Waals surface area contributed by atoms with E-state index in [-0.39, 0.29) is 11.8 Å². The molecule has 0 fully saturated rings. The van der Waals surface area contributed by atoms with Crippen LogP contribution in [0, 0.1) is 5.92 Å². The number of nitrogens with one attached hydrogen (secondary N) is 2. The summed E-state index contributed by atoms with van der Waals surface area (Å²) < 4.78 is 4.58. The molecule has 2 amide bonds. The molecule has 0 aliphatic heterocycles. The van der Waals surface area contributed by atoms with Gasteiger partial charge < -0.3 is 15.4 Å². The van der Waals surface area contributed by atoms with Crippen molar-refractivity contribution in [2.75, 3.05) is 12.4 Å². The van der Waals surface area contributed by atoms with E-state index in [2.05, 4.69) is 20.4 Å². The van der Waals surface area contributed by atoms with Crippen LogP contribution < -0.4 is 10.6 Å². The summed E-state index contributed by atoms with van der Waals surface area (Å²) in [6, 6.07) is 6.61. The molecule has 0 radical (unpaired) electrons. The number of halogens is 1.